The number of aryl methyl sites for hydroxylation is 2. The number of rotatable bonds is 2. The molecule has 0 bridgehead atoms. The predicted molar refractivity (Wildman–Crippen MR) is 54.8 cm³/mol. The van der Waals surface area contributed by atoms with Gasteiger partial charge in [0.25, 0.3) is 0 Å². The lowest BCUT2D eigenvalue weighted by Crippen LogP contribution is -2.52. The van der Waals surface area contributed by atoms with Gasteiger partial charge >= 0.3 is 6.18 Å². The van der Waals surface area contributed by atoms with Crippen LogP contribution in [0.5, 0.6) is 0 Å². The lowest BCUT2D eigenvalue weighted by Gasteiger charge is -2.30. The van der Waals surface area contributed by atoms with Crippen molar-refractivity contribution in [2.45, 2.75) is 25.7 Å². The molecule has 1 aromatic carbocycles. The van der Waals surface area contributed by atoms with Crippen LogP contribution in [0, 0.1) is 13.8 Å². The zero-order valence-electron chi connectivity index (χ0n) is 9.35. The van der Waals surface area contributed by atoms with E-state index in [4.69, 9.17) is 5.73 Å². The summed E-state index contributed by atoms with van der Waals surface area (Å²) >= 11 is 0. The van der Waals surface area contributed by atoms with E-state index in [1.54, 1.807) is 13.0 Å². The van der Waals surface area contributed by atoms with Gasteiger partial charge in [0.05, 0.1) is 0 Å². The molecule has 0 aliphatic rings. The lowest BCUT2D eigenvalue weighted by atomic mass is 9.98. The molecule has 0 saturated carbocycles. The van der Waals surface area contributed by atoms with Crippen molar-refractivity contribution in [2.24, 2.45) is 5.73 Å². The van der Waals surface area contributed by atoms with E-state index in [1.807, 2.05) is 6.92 Å². The summed E-state index contributed by atoms with van der Waals surface area (Å²) in [6, 6.07) is 4.32. The van der Waals surface area contributed by atoms with Gasteiger partial charge in [-0.25, -0.2) is 0 Å². The van der Waals surface area contributed by atoms with Gasteiger partial charge in [0.15, 0.2) is 0 Å². The first kappa shape index (κ1) is 13.0. The van der Waals surface area contributed by atoms with Crippen molar-refractivity contribution in [3.63, 3.8) is 0 Å². The summed E-state index contributed by atoms with van der Waals surface area (Å²) in [5, 5.41) is 0. The van der Waals surface area contributed by atoms with Gasteiger partial charge in [0, 0.05) is 12.7 Å². The van der Waals surface area contributed by atoms with Gasteiger partial charge in [-0.05, 0) is 25.0 Å². The van der Waals surface area contributed by atoms with Crippen LogP contribution in [0.4, 0.5) is 13.2 Å². The second kappa shape index (κ2) is 4.07. The number of ether oxygens (including phenoxy) is 1. The van der Waals surface area contributed by atoms with Gasteiger partial charge in [0.2, 0.25) is 5.72 Å². The zero-order chi connectivity index (χ0) is 12.6. The van der Waals surface area contributed by atoms with Gasteiger partial charge < -0.3 is 4.74 Å². The highest BCUT2D eigenvalue weighted by atomic mass is 19.4. The zero-order valence-corrected chi connectivity index (χ0v) is 9.35. The van der Waals surface area contributed by atoms with Crippen LogP contribution in [0.1, 0.15) is 16.7 Å². The van der Waals surface area contributed by atoms with Crippen molar-refractivity contribution in [3.05, 3.63) is 34.9 Å². The van der Waals surface area contributed by atoms with Crippen LogP contribution in [0.25, 0.3) is 0 Å². The van der Waals surface area contributed by atoms with Gasteiger partial charge in [-0.2, -0.15) is 13.2 Å². The summed E-state index contributed by atoms with van der Waals surface area (Å²) in [7, 11) is 0.947. The average molecular weight is 233 g/mol. The molecule has 0 aliphatic heterocycles. The molecule has 0 spiro atoms. The number of halogens is 3. The maximum Gasteiger partial charge on any atom is 0.435 e. The molecule has 2 N–H and O–H groups in total. The number of alkyl halides is 3. The SMILES string of the molecule is COC(N)(c1ccc(C)c(C)c1)C(F)(F)F. The van der Waals surface area contributed by atoms with E-state index in [1.165, 1.54) is 12.1 Å². The molecule has 0 saturated heterocycles. The number of hydrogen-bond acceptors (Lipinski definition) is 2. The van der Waals surface area contributed by atoms with Crippen molar-refractivity contribution in [1.29, 1.82) is 0 Å². The minimum atomic E-state index is -4.65. The normalized spacial score (nSPS) is 15.9. The topological polar surface area (TPSA) is 35.2 Å². The van der Waals surface area contributed by atoms with E-state index in [0.717, 1.165) is 18.2 Å². The summed E-state index contributed by atoms with van der Waals surface area (Å²) < 4.78 is 42.8. The van der Waals surface area contributed by atoms with Crippen LogP contribution >= 0.6 is 0 Å². The molecule has 0 radical (unpaired) electrons. The van der Waals surface area contributed by atoms with Crippen LogP contribution in [0.2, 0.25) is 0 Å². The molecule has 0 aliphatic carbocycles. The molecule has 0 amide bonds. The Morgan fingerprint density at radius 3 is 2.06 bits per heavy atom. The Kier molecular flexibility index (Phi) is 3.30. The van der Waals surface area contributed by atoms with Crippen molar-refractivity contribution in [3.8, 4) is 0 Å². The Bertz CT molecular complexity index is 389. The van der Waals surface area contributed by atoms with Gasteiger partial charge in [-0.3, -0.25) is 5.73 Å². The van der Waals surface area contributed by atoms with Crippen molar-refractivity contribution >= 4 is 0 Å². The maximum atomic E-state index is 12.8. The Labute approximate surface area is 92.2 Å². The smallest absolute Gasteiger partial charge is 0.352 e. The Balaban J connectivity index is 3.29. The fourth-order valence-electron chi connectivity index (χ4n) is 1.37. The summed E-state index contributed by atoms with van der Waals surface area (Å²) in [6.45, 7) is 3.54. The van der Waals surface area contributed by atoms with Crippen LogP contribution < -0.4 is 5.73 Å². The third-order valence-corrected chi connectivity index (χ3v) is 2.68. The fourth-order valence-corrected chi connectivity index (χ4v) is 1.37. The van der Waals surface area contributed by atoms with E-state index in [2.05, 4.69) is 4.74 Å². The van der Waals surface area contributed by atoms with Crippen LogP contribution in [0.15, 0.2) is 18.2 Å². The monoisotopic (exact) mass is 233 g/mol. The highest BCUT2D eigenvalue weighted by Crippen LogP contribution is 2.37. The number of benzene rings is 1. The van der Waals surface area contributed by atoms with Crippen molar-refractivity contribution in [1.82, 2.24) is 0 Å². The van der Waals surface area contributed by atoms with Crippen molar-refractivity contribution in [2.75, 3.05) is 7.11 Å². The largest absolute Gasteiger partial charge is 0.435 e. The predicted octanol–water partition coefficient (Wildman–Crippen LogP) is 2.62. The summed E-state index contributed by atoms with van der Waals surface area (Å²) in [5.74, 6) is 0. The van der Waals surface area contributed by atoms with Gasteiger partial charge in [-0.1, -0.05) is 18.2 Å². The second-order valence-corrected chi connectivity index (χ2v) is 3.74. The molecule has 2 nitrogen and oxygen atoms in total. The van der Waals surface area contributed by atoms with Gasteiger partial charge in [0.1, 0.15) is 0 Å². The first-order valence-electron chi connectivity index (χ1n) is 4.71. The van der Waals surface area contributed by atoms with E-state index in [0.29, 0.717) is 0 Å². The minimum Gasteiger partial charge on any atom is -0.352 e. The molecule has 1 unspecified atom stereocenters. The molecule has 5 heteroatoms. The first-order valence-corrected chi connectivity index (χ1v) is 4.71. The lowest BCUT2D eigenvalue weighted by molar-refractivity contribution is -0.274. The minimum absolute atomic E-state index is 0.0920. The van der Waals surface area contributed by atoms with E-state index in [9.17, 15) is 13.2 Å². The highest BCUT2D eigenvalue weighted by molar-refractivity contribution is 5.33. The average Bonchev–Trinajstić information content (AvgIpc) is 2.19. The molecule has 1 rings (SSSR count). The Hall–Kier alpha value is -1.07. The first-order chi connectivity index (χ1) is 7.22. The molecule has 1 aromatic rings. The molecule has 90 valence electrons. The number of hydrogen-bond donors (Lipinski definition) is 1. The second-order valence-electron chi connectivity index (χ2n) is 3.74. The molecule has 16 heavy (non-hydrogen) atoms. The third kappa shape index (κ3) is 2.05. The van der Waals surface area contributed by atoms with E-state index >= 15 is 0 Å². The molecule has 0 fully saturated rings. The van der Waals surface area contributed by atoms with E-state index < -0.39 is 11.9 Å². The highest BCUT2D eigenvalue weighted by Gasteiger charge is 2.54. The Morgan fingerprint density at radius 2 is 1.69 bits per heavy atom. The standard InChI is InChI=1S/C11H14F3NO/c1-7-4-5-9(6-8(7)2)10(15,16-3)11(12,13)14/h4-6H,15H2,1-3H3. The summed E-state index contributed by atoms with van der Waals surface area (Å²) in [6.07, 6.45) is -4.65. The van der Waals surface area contributed by atoms with Gasteiger partial charge in [-0.15, -0.1) is 0 Å². The molecular formula is C11H14F3NO. The summed E-state index contributed by atoms with van der Waals surface area (Å²) in [5.41, 5.74) is 4.08. The number of nitrogens with two attached hydrogens (primary N) is 1. The van der Waals surface area contributed by atoms with Crippen LogP contribution in [-0.4, -0.2) is 13.3 Å². The molecule has 0 aromatic heterocycles. The van der Waals surface area contributed by atoms with Crippen molar-refractivity contribution < 1.29 is 17.9 Å². The Morgan fingerprint density at radius 1 is 1.12 bits per heavy atom. The van der Waals surface area contributed by atoms with E-state index in [-0.39, 0.29) is 5.56 Å². The molecule has 0 heterocycles. The molecule has 1 atom stereocenters. The van der Waals surface area contributed by atoms with Crippen LogP contribution in [-0.2, 0) is 10.5 Å². The quantitative estimate of drug-likeness (QED) is 0.797. The molecular weight excluding hydrogens is 219 g/mol. The van der Waals surface area contributed by atoms with Crippen LogP contribution in [0.3, 0.4) is 0 Å². The fraction of sp³-hybridized carbons (Fsp3) is 0.455. The summed E-state index contributed by atoms with van der Waals surface area (Å²) in [4.78, 5) is 0. The third-order valence-electron chi connectivity index (χ3n) is 2.68. The number of methoxy groups -OCH3 is 1. The maximum absolute atomic E-state index is 12.8.